The number of aromatic nitrogens is 2. The van der Waals surface area contributed by atoms with Crippen LogP contribution in [0, 0.1) is 13.8 Å². The standard InChI is InChI=1S/C21H23ClN4O/c1-14-8-4-7-11-19(14)26-20(12-15(2)25-26)24-21(27)13-23-16(3)17-9-5-6-10-18(17)22/h4-12,16,23H,13H2,1-3H3,(H,24,27)/t16-/m1/s1. The Kier molecular flexibility index (Phi) is 5.94. The van der Waals surface area contributed by atoms with Crippen LogP contribution in [0.15, 0.2) is 54.6 Å². The van der Waals surface area contributed by atoms with Crippen molar-refractivity contribution in [3.05, 3.63) is 76.4 Å². The number of nitrogens with one attached hydrogen (secondary N) is 2. The monoisotopic (exact) mass is 382 g/mol. The molecule has 27 heavy (non-hydrogen) atoms. The maximum atomic E-state index is 12.5. The third kappa shape index (κ3) is 4.56. The molecule has 1 amide bonds. The first-order chi connectivity index (χ1) is 13.0. The van der Waals surface area contributed by atoms with Gasteiger partial charge in [-0.25, -0.2) is 4.68 Å². The fraction of sp³-hybridized carbons (Fsp3) is 0.238. The molecule has 0 fully saturated rings. The van der Waals surface area contributed by atoms with Crippen LogP contribution in [0.25, 0.3) is 5.69 Å². The predicted octanol–water partition coefficient (Wildman–Crippen LogP) is 4.43. The molecule has 2 aromatic carbocycles. The lowest BCUT2D eigenvalue weighted by atomic mass is 10.1. The molecule has 140 valence electrons. The highest BCUT2D eigenvalue weighted by molar-refractivity contribution is 6.31. The van der Waals surface area contributed by atoms with Gasteiger partial charge in [0.05, 0.1) is 17.9 Å². The van der Waals surface area contributed by atoms with Gasteiger partial charge in [0.25, 0.3) is 0 Å². The number of rotatable bonds is 6. The number of carbonyl (C=O) groups excluding carboxylic acids is 1. The summed E-state index contributed by atoms with van der Waals surface area (Å²) in [4.78, 5) is 12.5. The molecule has 0 radical (unpaired) electrons. The summed E-state index contributed by atoms with van der Waals surface area (Å²) in [6.07, 6.45) is 0. The van der Waals surface area contributed by atoms with Crippen molar-refractivity contribution >= 4 is 23.3 Å². The van der Waals surface area contributed by atoms with Gasteiger partial charge in [-0.2, -0.15) is 5.10 Å². The van der Waals surface area contributed by atoms with Crippen molar-refractivity contribution in [1.82, 2.24) is 15.1 Å². The van der Waals surface area contributed by atoms with Crippen LogP contribution in [0.1, 0.15) is 29.8 Å². The summed E-state index contributed by atoms with van der Waals surface area (Å²) < 4.78 is 1.76. The van der Waals surface area contributed by atoms with Crippen molar-refractivity contribution in [1.29, 1.82) is 0 Å². The van der Waals surface area contributed by atoms with E-state index in [2.05, 4.69) is 15.7 Å². The third-order valence-corrected chi connectivity index (χ3v) is 4.73. The lowest BCUT2D eigenvalue weighted by Gasteiger charge is -2.16. The molecule has 0 aliphatic carbocycles. The van der Waals surface area contributed by atoms with Crippen LogP contribution in [0.2, 0.25) is 5.02 Å². The van der Waals surface area contributed by atoms with E-state index in [9.17, 15) is 4.79 Å². The molecule has 0 unspecified atom stereocenters. The fourth-order valence-electron chi connectivity index (χ4n) is 2.94. The first kappa shape index (κ1) is 19.1. The molecule has 6 heteroatoms. The first-order valence-corrected chi connectivity index (χ1v) is 9.24. The molecule has 3 aromatic rings. The molecule has 3 rings (SSSR count). The molecule has 1 aromatic heterocycles. The number of halogens is 1. The second kappa shape index (κ2) is 8.37. The minimum atomic E-state index is -0.136. The Bertz CT molecular complexity index is 951. The number of amides is 1. The van der Waals surface area contributed by atoms with Crippen LogP contribution in [0.3, 0.4) is 0 Å². The second-order valence-corrected chi connectivity index (χ2v) is 6.95. The van der Waals surface area contributed by atoms with E-state index in [4.69, 9.17) is 11.6 Å². The summed E-state index contributed by atoms with van der Waals surface area (Å²) in [6, 6.07) is 17.4. The van der Waals surface area contributed by atoms with Crippen LogP contribution in [-0.4, -0.2) is 22.2 Å². The molecule has 0 aliphatic heterocycles. The number of carbonyl (C=O) groups is 1. The summed E-state index contributed by atoms with van der Waals surface area (Å²) in [5, 5.41) is 11.4. The molecule has 1 heterocycles. The van der Waals surface area contributed by atoms with Gasteiger partial charge >= 0.3 is 0 Å². The van der Waals surface area contributed by atoms with Gasteiger partial charge in [-0.05, 0) is 44.0 Å². The van der Waals surface area contributed by atoms with E-state index in [1.165, 1.54) is 0 Å². The molecule has 0 saturated carbocycles. The van der Waals surface area contributed by atoms with Gasteiger partial charge in [0, 0.05) is 17.1 Å². The molecular formula is C21H23ClN4O. The smallest absolute Gasteiger partial charge is 0.239 e. The van der Waals surface area contributed by atoms with E-state index in [0.717, 1.165) is 22.5 Å². The Morgan fingerprint density at radius 1 is 1.15 bits per heavy atom. The number of para-hydroxylation sites is 1. The maximum absolute atomic E-state index is 12.5. The third-order valence-electron chi connectivity index (χ3n) is 4.38. The van der Waals surface area contributed by atoms with Gasteiger partial charge in [0.15, 0.2) is 0 Å². The molecular weight excluding hydrogens is 360 g/mol. The molecule has 0 bridgehead atoms. The number of aryl methyl sites for hydroxylation is 2. The minimum absolute atomic E-state index is 0.0348. The highest BCUT2D eigenvalue weighted by atomic mass is 35.5. The number of hydrogen-bond donors (Lipinski definition) is 2. The molecule has 5 nitrogen and oxygen atoms in total. The fourth-order valence-corrected chi connectivity index (χ4v) is 3.24. The second-order valence-electron chi connectivity index (χ2n) is 6.54. The van der Waals surface area contributed by atoms with E-state index in [0.29, 0.717) is 10.8 Å². The van der Waals surface area contributed by atoms with Gasteiger partial charge in [-0.3, -0.25) is 4.79 Å². The van der Waals surface area contributed by atoms with Gasteiger partial charge in [-0.1, -0.05) is 48.0 Å². The largest absolute Gasteiger partial charge is 0.309 e. The Hall–Kier alpha value is -2.63. The Balaban J connectivity index is 1.69. The topological polar surface area (TPSA) is 59.0 Å². The highest BCUT2D eigenvalue weighted by Gasteiger charge is 2.14. The van der Waals surface area contributed by atoms with Crippen LogP contribution in [-0.2, 0) is 4.79 Å². The van der Waals surface area contributed by atoms with Crippen LogP contribution in [0.4, 0.5) is 5.82 Å². The van der Waals surface area contributed by atoms with Gasteiger partial charge in [-0.15, -0.1) is 0 Å². The van der Waals surface area contributed by atoms with Crippen molar-refractivity contribution in [2.24, 2.45) is 0 Å². The zero-order valence-electron chi connectivity index (χ0n) is 15.7. The summed E-state index contributed by atoms with van der Waals surface area (Å²) in [6.45, 7) is 6.08. The van der Waals surface area contributed by atoms with Gasteiger partial charge in [0.2, 0.25) is 5.91 Å². The van der Waals surface area contributed by atoms with Crippen molar-refractivity contribution < 1.29 is 4.79 Å². The number of anilines is 1. The van der Waals surface area contributed by atoms with Crippen LogP contribution in [0.5, 0.6) is 0 Å². The Morgan fingerprint density at radius 2 is 1.85 bits per heavy atom. The minimum Gasteiger partial charge on any atom is -0.309 e. The lowest BCUT2D eigenvalue weighted by molar-refractivity contribution is -0.115. The molecule has 0 spiro atoms. The number of benzene rings is 2. The molecule has 0 saturated heterocycles. The van der Waals surface area contributed by atoms with E-state index >= 15 is 0 Å². The summed E-state index contributed by atoms with van der Waals surface area (Å²) in [7, 11) is 0. The molecule has 1 atom stereocenters. The van der Waals surface area contributed by atoms with Gasteiger partial charge in [0.1, 0.15) is 5.82 Å². The number of nitrogens with zero attached hydrogens (tertiary/aromatic N) is 2. The average Bonchev–Trinajstić information content (AvgIpc) is 3.00. The molecule has 0 aliphatic rings. The van der Waals surface area contributed by atoms with E-state index in [-0.39, 0.29) is 18.5 Å². The first-order valence-electron chi connectivity index (χ1n) is 8.86. The van der Waals surface area contributed by atoms with Crippen molar-refractivity contribution in [3.8, 4) is 5.69 Å². The van der Waals surface area contributed by atoms with E-state index < -0.39 is 0 Å². The highest BCUT2D eigenvalue weighted by Crippen LogP contribution is 2.22. The Labute approximate surface area is 164 Å². The Morgan fingerprint density at radius 3 is 2.59 bits per heavy atom. The summed E-state index contributed by atoms with van der Waals surface area (Å²) in [5.41, 5.74) is 3.83. The van der Waals surface area contributed by atoms with Crippen LogP contribution < -0.4 is 10.6 Å². The van der Waals surface area contributed by atoms with E-state index in [1.807, 2.05) is 75.4 Å². The van der Waals surface area contributed by atoms with E-state index in [1.54, 1.807) is 4.68 Å². The van der Waals surface area contributed by atoms with Crippen molar-refractivity contribution in [2.45, 2.75) is 26.8 Å². The zero-order chi connectivity index (χ0) is 19.4. The quantitative estimate of drug-likeness (QED) is 0.663. The summed E-state index contributed by atoms with van der Waals surface area (Å²) >= 11 is 6.22. The normalized spacial score (nSPS) is 12.0. The SMILES string of the molecule is Cc1cc(NC(=O)CN[C@H](C)c2ccccc2Cl)n(-c2ccccc2C)n1. The van der Waals surface area contributed by atoms with Crippen molar-refractivity contribution in [2.75, 3.05) is 11.9 Å². The molecule has 2 N–H and O–H groups in total. The zero-order valence-corrected chi connectivity index (χ0v) is 16.4. The maximum Gasteiger partial charge on any atom is 0.239 e. The predicted molar refractivity (Wildman–Crippen MR) is 110 cm³/mol. The van der Waals surface area contributed by atoms with Gasteiger partial charge < -0.3 is 10.6 Å². The van der Waals surface area contributed by atoms with Crippen molar-refractivity contribution in [3.63, 3.8) is 0 Å². The van der Waals surface area contributed by atoms with Crippen LogP contribution >= 0.6 is 11.6 Å². The number of hydrogen-bond acceptors (Lipinski definition) is 3. The summed E-state index contributed by atoms with van der Waals surface area (Å²) in [5.74, 6) is 0.516. The average molecular weight is 383 g/mol. The lowest BCUT2D eigenvalue weighted by Crippen LogP contribution is -2.30.